The molecule has 0 bridgehead atoms. The topological polar surface area (TPSA) is 12.0 Å². The molecule has 1 N–H and O–H groups in total. The molecule has 0 fully saturated rings. The average Bonchev–Trinajstić information content (AvgIpc) is 2.37. The molecule has 0 aliphatic rings. The van der Waals surface area contributed by atoms with E-state index in [0.717, 1.165) is 10.0 Å². The highest BCUT2D eigenvalue weighted by atomic mass is 79.9. The Balaban J connectivity index is 2.22. The highest BCUT2D eigenvalue weighted by Crippen LogP contribution is 2.25. The third kappa shape index (κ3) is 3.32. The van der Waals surface area contributed by atoms with Crippen LogP contribution in [0.1, 0.15) is 24.1 Å². The van der Waals surface area contributed by atoms with Gasteiger partial charge in [0.2, 0.25) is 0 Å². The Labute approximate surface area is 119 Å². The first-order valence-corrected chi connectivity index (χ1v) is 6.74. The van der Waals surface area contributed by atoms with Crippen LogP contribution in [0.25, 0.3) is 0 Å². The smallest absolute Gasteiger partial charge is 0.146 e. The fourth-order valence-corrected chi connectivity index (χ4v) is 2.16. The summed E-state index contributed by atoms with van der Waals surface area (Å²) in [5.74, 6) is -0.580. The molecule has 0 spiro atoms. The maximum Gasteiger partial charge on any atom is 0.146 e. The number of anilines is 1. The number of halogens is 3. The standard InChI is InChI=1S/C15H14BrF2N/c1-9-3-4-11(7-14(9)18)10(2)19-15-8-12(16)5-6-13(15)17/h3-8,10,19H,1-2H3. The van der Waals surface area contributed by atoms with Crippen molar-refractivity contribution in [3.8, 4) is 0 Å². The van der Waals surface area contributed by atoms with Crippen molar-refractivity contribution in [1.82, 2.24) is 0 Å². The van der Waals surface area contributed by atoms with Crippen LogP contribution in [0, 0.1) is 18.6 Å². The molecule has 1 nitrogen and oxygen atoms in total. The molecule has 2 rings (SSSR count). The Bertz CT molecular complexity index is 599. The number of hydrogen-bond acceptors (Lipinski definition) is 1. The molecule has 0 amide bonds. The largest absolute Gasteiger partial charge is 0.376 e. The van der Waals surface area contributed by atoms with Crippen LogP contribution in [0.2, 0.25) is 0 Å². The van der Waals surface area contributed by atoms with E-state index in [2.05, 4.69) is 21.2 Å². The van der Waals surface area contributed by atoms with Gasteiger partial charge in [0, 0.05) is 10.5 Å². The Morgan fingerprint density at radius 1 is 1.05 bits per heavy atom. The van der Waals surface area contributed by atoms with Crippen molar-refractivity contribution in [2.75, 3.05) is 5.32 Å². The van der Waals surface area contributed by atoms with E-state index in [1.807, 2.05) is 13.0 Å². The van der Waals surface area contributed by atoms with Crippen molar-refractivity contribution in [1.29, 1.82) is 0 Å². The van der Waals surface area contributed by atoms with Gasteiger partial charge in [-0.15, -0.1) is 0 Å². The first kappa shape index (κ1) is 14.0. The zero-order chi connectivity index (χ0) is 14.0. The molecule has 19 heavy (non-hydrogen) atoms. The summed E-state index contributed by atoms with van der Waals surface area (Å²) in [5.41, 5.74) is 1.77. The molecule has 0 heterocycles. The Morgan fingerprint density at radius 3 is 2.47 bits per heavy atom. The molecule has 0 saturated heterocycles. The summed E-state index contributed by atoms with van der Waals surface area (Å²) in [6, 6.07) is 9.54. The summed E-state index contributed by atoms with van der Waals surface area (Å²) in [5, 5.41) is 3.04. The SMILES string of the molecule is Cc1ccc(C(C)Nc2cc(Br)ccc2F)cc1F. The third-order valence-electron chi connectivity index (χ3n) is 3.00. The molecular weight excluding hydrogens is 312 g/mol. The number of hydrogen-bond donors (Lipinski definition) is 1. The summed E-state index contributed by atoms with van der Waals surface area (Å²) in [6.07, 6.45) is 0. The predicted molar refractivity (Wildman–Crippen MR) is 77.3 cm³/mol. The van der Waals surface area contributed by atoms with E-state index in [-0.39, 0.29) is 17.7 Å². The lowest BCUT2D eigenvalue weighted by Crippen LogP contribution is -2.08. The van der Waals surface area contributed by atoms with Gasteiger partial charge < -0.3 is 5.32 Å². The highest BCUT2D eigenvalue weighted by molar-refractivity contribution is 9.10. The summed E-state index contributed by atoms with van der Waals surface area (Å²) >= 11 is 3.30. The van der Waals surface area contributed by atoms with E-state index in [1.165, 1.54) is 12.1 Å². The van der Waals surface area contributed by atoms with Gasteiger partial charge in [0.25, 0.3) is 0 Å². The lowest BCUT2D eigenvalue weighted by atomic mass is 10.1. The lowest BCUT2D eigenvalue weighted by Gasteiger charge is -2.17. The second-order valence-corrected chi connectivity index (χ2v) is 5.41. The molecule has 2 aromatic rings. The van der Waals surface area contributed by atoms with Gasteiger partial charge in [-0.1, -0.05) is 28.1 Å². The van der Waals surface area contributed by atoms with Crippen molar-refractivity contribution >= 4 is 21.6 Å². The van der Waals surface area contributed by atoms with Crippen LogP contribution < -0.4 is 5.32 Å². The van der Waals surface area contributed by atoms with Gasteiger partial charge in [0.1, 0.15) is 11.6 Å². The van der Waals surface area contributed by atoms with Crippen LogP contribution in [0.4, 0.5) is 14.5 Å². The Kier molecular flexibility index (Phi) is 4.20. The van der Waals surface area contributed by atoms with Crippen LogP contribution in [-0.2, 0) is 0 Å². The molecule has 0 aliphatic heterocycles. The second kappa shape index (κ2) is 5.70. The number of rotatable bonds is 3. The van der Waals surface area contributed by atoms with Gasteiger partial charge in [-0.3, -0.25) is 0 Å². The Morgan fingerprint density at radius 2 is 1.79 bits per heavy atom. The quantitative estimate of drug-likeness (QED) is 0.816. The fourth-order valence-electron chi connectivity index (χ4n) is 1.80. The summed E-state index contributed by atoms with van der Waals surface area (Å²) in [7, 11) is 0. The summed E-state index contributed by atoms with van der Waals surface area (Å²) in [6.45, 7) is 3.58. The van der Waals surface area contributed by atoms with Crippen molar-refractivity contribution in [3.05, 3.63) is 63.6 Å². The van der Waals surface area contributed by atoms with Crippen LogP contribution >= 0.6 is 15.9 Å². The van der Waals surface area contributed by atoms with Crippen molar-refractivity contribution < 1.29 is 8.78 Å². The van der Waals surface area contributed by atoms with Crippen molar-refractivity contribution in [2.24, 2.45) is 0 Å². The van der Waals surface area contributed by atoms with Gasteiger partial charge in [-0.2, -0.15) is 0 Å². The minimum Gasteiger partial charge on any atom is -0.376 e. The maximum atomic E-state index is 13.6. The number of benzene rings is 2. The Hall–Kier alpha value is -1.42. The van der Waals surface area contributed by atoms with E-state index < -0.39 is 0 Å². The first-order valence-electron chi connectivity index (χ1n) is 5.95. The first-order chi connectivity index (χ1) is 8.97. The molecule has 1 atom stereocenters. The van der Waals surface area contributed by atoms with E-state index >= 15 is 0 Å². The second-order valence-electron chi connectivity index (χ2n) is 4.50. The fraction of sp³-hybridized carbons (Fsp3) is 0.200. The normalized spacial score (nSPS) is 12.3. The molecular formula is C15H14BrF2N. The van der Waals surface area contributed by atoms with Crippen molar-refractivity contribution in [3.63, 3.8) is 0 Å². The molecule has 0 saturated carbocycles. The number of aryl methyl sites for hydroxylation is 1. The van der Waals surface area contributed by atoms with E-state index in [9.17, 15) is 8.78 Å². The molecule has 100 valence electrons. The third-order valence-corrected chi connectivity index (χ3v) is 3.49. The van der Waals surface area contributed by atoms with Gasteiger partial charge >= 0.3 is 0 Å². The maximum absolute atomic E-state index is 13.6. The van der Waals surface area contributed by atoms with E-state index in [0.29, 0.717) is 11.3 Å². The molecule has 0 radical (unpaired) electrons. The molecule has 2 aromatic carbocycles. The van der Waals surface area contributed by atoms with E-state index in [4.69, 9.17) is 0 Å². The molecule has 1 unspecified atom stereocenters. The predicted octanol–water partition coefficient (Wildman–Crippen LogP) is 5.21. The summed E-state index contributed by atoms with van der Waals surface area (Å²) in [4.78, 5) is 0. The molecule has 4 heteroatoms. The van der Waals surface area contributed by atoms with Crippen LogP contribution in [0.15, 0.2) is 40.9 Å². The number of nitrogens with one attached hydrogen (secondary N) is 1. The van der Waals surface area contributed by atoms with Crippen LogP contribution in [0.5, 0.6) is 0 Å². The van der Waals surface area contributed by atoms with Crippen LogP contribution in [-0.4, -0.2) is 0 Å². The highest BCUT2D eigenvalue weighted by Gasteiger charge is 2.10. The average molecular weight is 326 g/mol. The van der Waals surface area contributed by atoms with Gasteiger partial charge in [0.15, 0.2) is 0 Å². The van der Waals surface area contributed by atoms with Gasteiger partial charge in [0.05, 0.1) is 5.69 Å². The minimum atomic E-state index is -0.331. The van der Waals surface area contributed by atoms with Gasteiger partial charge in [-0.25, -0.2) is 8.78 Å². The monoisotopic (exact) mass is 325 g/mol. The molecule has 0 aromatic heterocycles. The summed E-state index contributed by atoms with van der Waals surface area (Å²) < 4.78 is 27.9. The van der Waals surface area contributed by atoms with Crippen LogP contribution in [0.3, 0.4) is 0 Å². The zero-order valence-electron chi connectivity index (χ0n) is 10.7. The zero-order valence-corrected chi connectivity index (χ0v) is 12.3. The minimum absolute atomic E-state index is 0.182. The van der Waals surface area contributed by atoms with Crippen molar-refractivity contribution in [2.45, 2.75) is 19.9 Å². The van der Waals surface area contributed by atoms with Gasteiger partial charge in [-0.05, 0) is 49.2 Å². The lowest BCUT2D eigenvalue weighted by molar-refractivity contribution is 0.613. The molecule has 0 aliphatic carbocycles. The van der Waals surface area contributed by atoms with E-state index in [1.54, 1.807) is 25.1 Å².